The highest BCUT2D eigenvalue weighted by Crippen LogP contribution is 2.07. The molecule has 12 heavy (non-hydrogen) atoms. The highest BCUT2D eigenvalue weighted by molar-refractivity contribution is 4.79. The molecule has 0 saturated heterocycles. The van der Waals surface area contributed by atoms with E-state index in [9.17, 15) is 5.11 Å². The maximum Gasteiger partial charge on any atom is 0.0574 e. The van der Waals surface area contributed by atoms with Gasteiger partial charge in [0.15, 0.2) is 0 Å². The first kappa shape index (κ1) is 11.7. The molecule has 1 nitrogen and oxygen atoms in total. The molecule has 0 aromatic heterocycles. The van der Waals surface area contributed by atoms with Crippen LogP contribution in [0, 0.1) is 0 Å². The van der Waals surface area contributed by atoms with Gasteiger partial charge >= 0.3 is 0 Å². The Hall–Kier alpha value is -0.300. The summed E-state index contributed by atoms with van der Waals surface area (Å²) in [6.45, 7) is 4.19. The van der Waals surface area contributed by atoms with Crippen LogP contribution in [0.1, 0.15) is 52.4 Å². The minimum atomic E-state index is -0.113. The van der Waals surface area contributed by atoms with Crippen molar-refractivity contribution >= 4 is 0 Å². The number of rotatable bonds is 7. The second-order valence-corrected chi connectivity index (χ2v) is 3.31. The van der Waals surface area contributed by atoms with Crippen molar-refractivity contribution in [2.45, 2.75) is 58.5 Å². The molecule has 0 aromatic rings. The summed E-state index contributed by atoms with van der Waals surface area (Å²) >= 11 is 0. The van der Waals surface area contributed by atoms with Gasteiger partial charge in [0.1, 0.15) is 0 Å². The fourth-order valence-corrected chi connectivity index (χ4v) is 1.22. The van der Waals surface area contributed by atoms with E-state index in [1.54, 1.807) is 0 Å². The van der Waals surface area contributed by atoms with E-state index in [-0.39, 0.29) is 6.10 Å². The minimum Gasteiger partial charge on any atom is -0.393 e. The van der Waals surface area contributed by atoms with E-state index < -0.39 is 0 Å². The van der Waals surface area contributed by atoms with E-state index in [4.69, 9.17) is 0 Å². The summed E-state index contributed by atoms with van der Waals surface area (Å²) in [6, 6.07) is 0. The number of aliphatic hydroxyl groups excluding tert-OH is 1. The van der Waals surface area contributed by atoms with Gasteiger partial charge in [0.25, 0.3) is 0 Å². The Balaban J connectivity index is 3.13. The number of aliphatic hydroxyl groups is 1. The van der Waals surface area contributed by atoms with Crippen molar-refractivity contribution in [2.75, 3.05) is 0 Å². The van der Waals surface area contributed by atoms with Crippen molar-refractivity contribution in [3.63, 3.8) is 0 Å². The van der Waals surface area contributed by atoms with Crippen LogP contribution in [0.3, 0.4) is 0 Å². The van der Waals surface area contributed by atoms with Crippen LogP contribution in [0.4, 0.5) is 0 Å². The van der Waals surface area contributed by atoms with E-state index >= 15 is 0 Å². The molecule has 0 aromatic carbocycles. The Kier molecular flexibility index (Phi) is 8.57. The van der Waals surface area contributed by atoms with E-state index in [0.717, 1.165) is 12.8 Å². The first-order valence-electron chi connectivity index (χ1n) is 5.10. The number of unbranched alkanes of at least 4 members (excludes halogenated alkanes) is 3. The zero-order valence-corrected chi connectivity index (χ0v) is 8.42. The van der Waals surface area contributed by atoms with Crippen molar-refractivity contribution < 1.29 is 5.11 Å². The first-order chi connectivity index (χ1) is 5.81. The summed E-state index contributed by atoms with van der Waals surface area (Å²) in [7, 11) is 0. The van der Waals surface area contributed by atoms with Crippen LogP contribution in [-0.4, -0.2) is 11.2 Å². The molecule has 0 aliphatic carbocycles. The van der Waals surface area contributed by atoms with E-state index in [1.807, 2.05) is 19.1 Å². The predicted molar refractivity (Wildman–Crippen MR) is 54.2 cm³/mol. The van der Waals surface area contributed by atoms with E-state index in [1.165, 1.54) is 25.7 Å². The van der Waals surface area contributed by atoms with Crippen LogP contribution < -0.4 is 0 Å². The molecule has 1 N–H and O–H groups in total. The Morgan fingerprint density at radius 1 is 1.25 bits per heavy atom. The molecule has 1 atom stereocenters. The van der Waals surface area contributed by atoms with Crippen LogP contribution >= 0.6 is 0 Å². The molecule has 1 unspecified atom stereocenters. The van der Waals surface area contributed by atoms with Gasteiger partial charge in [-0.1, -0.05) is 44.8 Å². The lowest BCUT2D eigenvalue weighted by molar-refractivity contribution is 0.164. The van der Waals surface area contributed by atoms with Crippen molar-refractivity contribution in [2.24, 2.45) is 0 Å². The van der Waals surface area contributed by atoms with Crippen LogP contribution in [0.5, 0.6) is 0 Å². The Bertz CT molecular complexity index is 108. The Morgan fingerprint density at radius 3 is 2.58 bits per heavy atom. The predicted octanol–water partition coefficient (Wildman–Crippen LogP) is 3.28. The highest BCUT2D eigenvalue weighted by atomic mass is 16.3. The molecule has 0 aliphatic rings. The number of allylic oxidation sites excluding steroid dienone is 1. The average molecular weight is 170 g/mol. The van der Waals surface area contributed by atoms with Crippen molar-refractivity contribution in [3.05, 3.63) is 12.2 Å². The second kappa shape index (κ2) is 8.79. The van der Waals surface area contributed by atoms with E-state index in [2.05, 4.69) is 6.92 Å². The Labute approximate surface area is 76.5 Å². The molecule has 0 saturated carbocycles. The summed E-state index contributed by atoms with van der Waals surface area (Å²) < 4.78 is 0. The molecule has 0 aliphatic heterocycles. The topological polar surface area (TPSA) is 20.2 Å². The third kappa shape index (κ3) is 7.80. The Morgan fingerprint density at radius 2 is 2.00 bits per heavy atom. The van der Waals surface area contributed by atoms with Gasteiger partial charge in [-0.25, -0.2) is 0 Å². The van der Waals surface area contributed by atoms with Gasteiger partial charge in [0.05, 0.1) is 6.10 Å². The van der Waals surface area contributed by atoms with Gasteiger partial charge in [-0.2, -0.15) is 0 Å². The zero-order chi connectivity index (χ0) is 9.23. The summed E-state index contributed by atoms with van der Waals surface area (Å²) in [5, 5.41) is 9.43. The van der Waals surface area contributed by atoms with Gasteiger partial charge < -0.3 is 5.11 Å². The van der Waals surface area contributed by atoms with Crippen LogP contribution in [-0.2, 0) is 0 Å². The average Bonchev–Trinajstić information content (AvgIpc) is 2.09. The maximum absolute atomic E-state index is 9.43. The van der Waals surface area contributed by atoms with Crippen molar-refractivity contribution in [3.8, 4) is 0 Å². The maximum atomic E-state index is 9.43. The quantitative estimate of drug-likeness (QED) is 0.459. The summed E-state index contributed by atoms with van der Waals surface area (Å²) in [5.74, 6) is 0. The smallest absolute Gasteiger partial charge is 0.0574 e. The largest absolute Gasteiger partial charge is 0.393 e. The lowest BCUT2D eigenvalue weighted by Gasteiger charge is -2.06. The van der Waals surface area contributed by atoms with Gasteiger partial charge in [-0.05, 0) is 19.8 Å². The third-order valence-electron chi connectivity index (χ3n) is 2.03. The SMILES string of the molecule is CC=CCC(O)CCCCCC. The van der Waals surface area contributed by atoms with Crippen molar-refractivity contribution in [1.82, 2.24) is 0 Å². The first-order valence-corrected chi connectivity index (χ1v) is 5.10. The zero-order valence-electron chi connectivity index (χ0n) is 8.42. The molecule has 0 spiro atoms. The molecule has 0 amide bonds. The molecule has 0 fully saturated rings. The summed E-state index contributed by atoms with van der Waals surface area (Å²) in [4.78, 5) is 0. The van der Waals surface area contributed by atoms with Gasteiger partial charge in [-0.3, -0.25) is 0 Å². The molecule has 0 heterocycles. The van der Waals surface area contributed by atoms with Crippen molar-refractivity contribution in [1.29, 1.82) is 0 Å². The standard InChI is InChI=1S/C11H22O/c1-3-5-7-8-10-11(12)9-6-4-2/h4,6,11-12H,3,5,7-10H2,1-2H3. The van der Waals surface area contributed by atoms with Crippen LogP contribution in [0.15, 0.2) is 12.2 Å². The molecular weight excluding hydrogens is 148 g/mol. The molecular formula is C11H22O. The number of hydrogen-bond acceptors (Lipinski definition) is 1. The van der Waals surface area contributed by atoms with Gasteiger partial charge in [0, 0.05) is 0 Å². The molecule has 0 radical (unpaired) electrons. The fourth-order valence-electron chi connectivity index (χ4n) is 1.22. The molecule has 0 bridgehead atoms. The summed E-state index contributed by atoms with van der Waals surface area (Å²) in [5.41, 5.74) is 0. The van der Waals surface area contributed by atoms with Gasteiger partial charge in [0.2, 0.25) is 0 Å². The minimum absolute atomic E-state index is 0.113. The summed E-state index contributed by atoms with van der Waals surface area (Å²) in [6.07, 6.45) is 10.7. The second-order valence-electron chi connectivity index (χ2n) is 3.31. The van der Waals surface area contributed by atoms with Crippen LogP contribution in [0.2, 0.25) is 0 Å². The lowest BCUT2D eigenvalue weighted by Crippen LogP contribution is -2.03. The van der Waals surface area contributed by atoms with Gasteiger partial charge in [-0.15, -0.1) is 0 Å². The van der Waals surface area contributed by atoms with E-state index in [0.29, 0.717) is 0 Å². The lowest BCUT2D eigenvalue weighted by atomic mass is 10.1. The number of hydrogen-bond donors (Lipinski definition) is 1. The molecule has 0 rings (SSSR count). The normalized spacial score (nSPS) is 13.9. The fraction of sp³-hybridized carbons (Fsp3) is 0.818. The third-order valence-corrected chi connectivity index (χ3v) is 2.03. The monoisotopic (exact) mass is 170 g/mol. The molecule has 72 valence electrons. The highest BCUT2D eigenvalue weighted by Gasteiger charge is 1.99. The van der Waals surface area contributed by atoms with Crippen LogP contribution in [0.25, 0.3) is 0 Å². The molecule has 1 heteroatoms.